The van der Waals surface area contributed by atoms with Gasteiger partial charge in [-0.15, -0.1) is 0 Å². The van der Waals surface area contributed by atoms with Crippen molar-refractivity contribution in [3.8, 4) is 0 Å². The summed E-state index contributed by atoms with van der Waals surface area (Å²) >= 11 is 0. The molecule has 2 N–H and O–H groups in total. The Kier molecular flexibility index (Phi) is 4.06. The summed E-state index contributed by atoms with van der Waals surface area (Å²) in [4.78, 5) is 17.0. The molecule has 1 aromatic heterocycles. The number of aromatic nitrogens is 1. The number of nitrogens with zero attached hydrogens (tertiary/aromatic N) is 2. The molecule has 5 nitrogen and oxygen atoms in total. The first kappa shape index (κ1) is 12.0. The summed E-state index contributed by atoms with van der Waals surface area (Å²) in [6, 6.07) is 4.02. The van der Waals surface area contributed by atoms with Gasteiger partial charge >= 0.3 is 5.97 Å². The molecule has 1 unspecified atom stereocenters. The van der Waals surface area contributed by atoms with Crippen molar-refractivity contribution in [1.82, 2.24) is 15.2 Å². The van der Waals surface area contributed by atoms with Crippen molar-refractivity contribution in [2.45, 2.75) is 19.0 Å². The summed E-state index contributed by atoms with van der Waals surface area (Å²) in [6.45, 7) is 3.41. The molecule has 1 aromatic rings. The van der Waals surface area contributed by atoms with Crippen LogP contribution in [0, 0.1) is 0 Å². The highest BCUT2D eigenvalue weighted by atomic mass is 16.4. The van der Waals surface area contributed by atoms with Crippen LogP contribution in [0.5, 0.6) is 0 Å². The molecule has 0 aromatic carbocycles. The van der Waals surface area contributed by atoms with Crippen LogP contribution in [0.15, 0.2) is 24.5 Å². The van der Waals surface area contributed by atoms with Crippen LogP contribution in [0.1, 0.15) is 12.0 Å². The molecule has 1 atom stereocenters. The van der Waals surface area contributed by atoms with Gasteiger partial charge in [0.25, 0.3) is 0 Å². The minimum absolute atomic E-state index is 0.0536. The number of hydrogen-bond acceptors (Lipinski definition) is 4. The van der Waals surface area contributed by atoms with Crippen molar-refractivity contribution in [2.75, 3.05) is 19.6 Å². The van der Waals surface area contributed by atoms with E-state index >= 15 is 0 Å². The molecular formula is C12H17N3O2. The minimum Gasteiger partial charge on any atom is -0.481 e. The van der Waals surface area contributed by atoms with E-state index in [-0.39, 0.29) is 12.5 Å². The highest BCUT2D eigenvalue weighted by Gasteiger charge is 2.21. The van der Waals surface area contributed by atoms with E-state index in [0.29, 0.717) is 0 Å². The van der Waals surface area contributed by atoms with Crippen LogP contribution < -0.4 is 5.32 Å². The smallest absolute Gasteiger partial charge is 0.304 e. The zero-order chi connectivity index (χ0) is 12.1. The van der Waals surface area contributed by atoms with Crippen LogP contribution in [0.4, 0.5) is 0 Å². The molecule has 0 radical (unpaired) electrons. The number of carboxylic acid groups (broad SMARTS) is 1. The average Bonchev–Trinajstić information content (AvgIpc) is 2.30. The third-order valence-corrected chi connectivity index (χ3v) is 2.89. The quantitative estimate of drug-likeness (QED) is 0.787. The molecule has 2 heterocycles. The fraction of sp³-hybridized carbons (Fsp3) is 0.500. The lowest BCUT2D eigenvalue weighted by atomic mass is 10.1. The summed E-state index contributed by atoms with van der Waals surface area (Å²) in [5.74, 6) is -0.745. The topological polar surface area (TPSA) is 65.5 Å². The molecule has 1 aliphatic rings. The number of nitrogens with one attached hydrogen (secondary N) is 1. The predicted octanol–water partition coefficient (Wildman–Crippen LogP) is 0.330. The van der Waals surface area contributed by atoms with E-state index in [2.05, 4.69) is 15.2 Å². The predicted molar refractivity (Wildman–Crippen MR) is 63.6 cm³/mol. The fourth-order valence-electron chi connectivity index (χ4n) is 2.14. The van der Waals surface area contributed by atoms with Crippen LogP contribution in [-0.2, 0) is 11.3 Å². The second-order valence-electron chi connectivity index (χ2n) is 4.35. The molecule has 0 spiro atoms. The van der Waals surface area contributed by atoms with E-state index in [1.54, 1.807) is 6.20 Å². The van der Waals surface area contributed by atoms with Gasteiger partial charge in [0.2, 0.25) is 0 Å². The molecule has 0 amide bonds. The van der Waals surface area contributed by atoms with Gasteiger partial charge < -0.3 is 10.4 Å². The van der Waals surface area contributed by atoms with E-state index in [4.69, 9.17) is 5.11 Å². The maximum atomic E-state index is 10.7. The molecular weight excluding hydrogens is 218 g/mol. The Bertz CT molecular complexity index is 369. The maximum Gasteiger partial charge on any atom is 0.304 e. The number of piperazine rings is 1. The van der Waals surface area contributed by atoms with Gasteiger partial charge in [0, 0.05) is 44.6 Å². The van der Waals surface area contributed by atoms with E-state index in [1.807, 2.05) is 18.3 Å². The first-order chi connectivity index (χ1) is 8.24. The SMILES string of the molecule is O=C(O)CC1CN(Cc2cccnc2)CCN1. The normalized spacial score (nSPS) is 21.3. The summed E-state index contributed by atoms with van der Waals surface area (Å²) in [7, 11) is 0. The van der Waals surface area contributed by atoms with Crippen molar-refractivity contribution >= 4 is 5.97 Å². The standard InChI is InChI=1S/C12H17N3O2/c16-12(17)6-11-9-15(5-4-14-11)8-10-2-1-3-13-7-10/h1-3,7,11,14H,4-6,8-9H2,(H,16,17). The van der Waals surface area contributed by atoms with Crippen LogP contribution in [-0.4, -0.2) is 46.6 Å². The first-order valence-corrected chi connectivity index (χ1v) is 5.80. The Hall–Kier alpha value is -1.46. The minimum atomic E-state index is -0.745. The molecule has 5 heteroatoms. The molecule has 0 aliphatic carbocycles. The van der Waals surface area contributed by atoms with Crippen molar-refractivity contribution in [1.29, 1.82) is 0 Å². The fourth-order valence-corrected chi connectivity index (χ4v) is 2.14. The summed E-state index contributed by atoms with van der Waals surface area (Å²) in [5.41, 5.74) is 1.17. The maximum absolute atomic E-state index is 10.7. The summed E-state index contributed by atoms with van der Waals surface area (Å²) in [6.07, 6.45) is 3.80. The third-order valence-electron chi connectivity index (χ3n) is 2.89. The highest BCUT2D eigenvalue weighted by molar-refractivity contribution is 5.67. The Morgan fingerprint density at radius 2 is 2.53 bits per heavy atom. The highest BCUT2D eigenvalue weighted by Crippen LogP contribution is 2.08. The van der Waals surface area contributed by atoms with E-state index in [1.165, 1.54) is 5.56 Å². The molecule has 1 aliphatic heterocycles. The second-order valence-corrected chi connectivity index (χ2v) is 4.35. The Labute approximate surface area is 100 Å². The van der Waals surface area contributed by atoms with Crippen molar-refractivity contribution in [3.63, 3.8) is 0 Å². The molecule has 1 saturated heterocycles. The van der Waals surface area contributed by atoms with Gasteiger partial charge in [-0.25, -0.2) is 0 Å². The van der Waals surface area contributed by atoms with Gasteiger partial charge in [-0.3, -0.25) is 14.7 Å². The van der Waals surface area contributed by atoms with Gasteiger partial charge in [-0.1, -0.05) is 6.07 Å². The molecule has 17 heavy (non-hydrogen) atoms. The number of rotatable bonds is 4. The van der Waals surface area contributed by atoms with Crippen LogP contribution >= 0.6 is 0 Å². The molecule has 2 rings (SSSR count). The van der Waals surface area contributed by atoms with Crippen molar-refractivity contribution < 1.29 is 9.90 Å². The third kappa shape index (κ3) is 3.80. The van der Waals surface area contributed by atoms with Gasteiger partial charge in [-0.2, -0.15) is 0 Å². The monoisotopic (exact) mass is 235 g/mol. The number of hydrogen-bond donors (Lipinski definition) is 2. The van der Waals surface area contributed by atoms with Gasteiger partial charge in [0.05, 0.1) is 6.42 Å². The lowest BCUT2D eigenvalue weighted by Gasteiger charge is -2.32. The Morgan fingerprint density at radius 1 is 1.65 bits per heavy atom. The van der Waals surface area contributed by atoms with E-state index < -0.39 is 5.97 Å². The van der Waals surface area contributed by atoms with Crippen LogP contribution in [0.2, 0.25) is 0 Å². The molecule has 92 valence electrons. The zero-order valence-electron chi connectivity index (χ0n) is 9.67. The first-order valence-electron chi connectivity index (χ1n) is 5.80. The summed E-state index contributed by atoms with van der Waals surface area (Å²) in [5, 5.41) is 12.0. The number of aliphatic carboxylic acids is 1. The van der Waals surface area contributed by atoms with Crippen molar-refractivity contribution in [2.24, 2.45) is 0 Å². The van der Waals surface area contributed by atoms with E-state index in [9.17, 15) is 4.79 Å². The van der Waals surface area contributed by atoms with Gasteiger partial charge in [0.15, 0.2) is 0 Å². The second kappa shape index (κ2) is 5.75. The lowest BCUT2D eigenvalue weighted by molar-refractivity contribution is -0.137. The number of pyridine rings is 1. The average molecular weight is 235 g/mol. The number of carboxylic acids is 1. The Balaban J connectivity index is 1.87. The largest absolute Gasteiger partial charge is 0.481 e. The Morgan fingerprint density at radius 3 is 3.24 bits per heavy atom. The zero-order valence-corrected chi connectivity index (χ0v) is 9.67. The van der Waals surface area contributed by atoms with Gasteiger partial charge in [-0.05, 0) is 11.6 Å². The van der Waals surface area contributed by atoms with Crippen LogP contribution in [0.3, 0.4) is 0 Å². The van der Waals surface area contributed by atoms with Gasteiger partial charge in [0.1, 0.15) is 0 Å². The van der Waals surface area contributed by atoms with Crippen LogP contribution in [0.25, 0.3) is 0 Å². The molecule has 0 bridgehead atoms. The molecule has 0 saturated carbocycles. The summed E-state index contributed by atoms with van der Waals surface area (Å²) < 4.78 is 0. The lowest BCUT2D eigenvalue weighted by Crippen LogP contribution is -2.50. The number of carbonyl (C=O) groups is 1. The molecule has 1 fully saturated rings. The van der Waals surface area contributed by atoms with Crippen molar-refractivity contribution in [3.05, 3.63) is 30.1 Å². The van der Waals surface area contributed by atoms with E-state index in [0.717, 1.165) is 26.2 Å².